The molecule has 8 nitrogen and oxygen atoms in total. The SMILES string of the molecule is Cc1cc(C)nc(C2CN(CCNc3nccc(N(C)CCO)n3)C2)n1. The minimum Gasteiger partial charge on any atom is -0.395 e. The summed E-state index contributed by atoms with van der Waals surface area (Å²) >= 11 is 0. The lowest BCUT2D eigenvalue weighted by Crippen LogP contribution is -2.47. The van der Waals surface area contributed by atoms with Crippen LogP contribution < -0.4 is 10.2 Å². The molecule has 1 aliphatic rings. The van der Waals surface area contributed by atoms with Gasteiger partial charge in [0.1, 0.15) is 11.6 Å². The Kier molecular flexibility index (Phi) is 5.95. The molecule has 3 rings (SSSR count). The Morgan fingerprint density at radius 1 is 1.23 bits per heavy atom. The maximum absolute atomic E-state index is 9.02. The molecule has 1 saturated heterocycles. The van der Waals surface area contributed by atoms with E-state index in [9.17, 15) is 0 Å². The average molecular weight is 357 g/mol. The van der Waals surface area contributed by atoms with E-state index in [0.29, 0.717) is 18.4 Å². The van der Waals surface area contributed by atoms with Crippen molar-refractivity contribution in [2.45, 2.75) is 19.8 Å². The van der Waals surface area contributed by atoms with Gasteiger partial charge in [0.15, 0.2) is 0 Å². The predicted octanol–water partition coefficient (Wildman–Crippen LogP) is 0.823. The zero-order valence-electron chi connectivity index (χ0n) is 15.7. The Morgan fingerprint density at radius 2 is 1.96 bits per heavy atom. The van der Waals surface area contributed by atoms with Gasteiger partial charge >= 0.3 is 0 Å². The first kappa shape index (κ1) is 18.5. The zero-order chi connectivity index (χ0) is 18.5. The van der Waals surface area contributed by atoms with Crippen LogP contribution in [0.15, 0.2) is 18.3 Å². The Labute approximate surface area is 154 Å². The molecular weight excluding hydrogens is 330 g/mol. The first-order chi connectivity index (χ1) is 12.5. The van der Waals surface area contributed by atoms with E-state index in [1.54, 1.807) is 6.20 Å². The number of anilines is 2. The highest BCUT2D eigenvalue weighted by Crippen LogP contribution is 2.24. The van der Waals surface area contributed by atoms with Gasteiger partial charge < -0.3 is 20.2 Å². The number of aliphatic hydroxyl groups excluding tert-OH is 1. The molecule has 26 heavy (non-hydrogen) atoms. The molecule has 1 aliphatic heterocycles. The van der Waals surface area contributed by atoms with Crippen molar-refractivity contribution in [1.82, 2.24) is 24.8 Å². The maximum atomic E-state index is 9.02. The third-order valence-corrected chi connectivity index (χ3v) is 4.50. The number of rotatable bonds is 8. The number of likely N-dealkylation sites (tertiary alicyclic amines) is 1. The monoisotopic (exact) mass is 357 g/mol. The summed E-state index contributed by atoms with van der Waals surface area (Å²) in [7, 11) is 1.90. The van der Waals surface area contributed by atoms with Crippen molar-refractivity contribution in [1.29, 1.82) is 0 Å². The summed E-state index contributed by atoms with van der Waals surface area (Å²) in [6, 6.07) is 3.85. The molecule has 2 aromatic heterocycles. The van der Waals surface area contributed by atoms with Crippen LogP contribution >= 0.6 is 0 Å². The van der Waals surface area contributed by atoms with Gasteiger partial charge in [-0.15, -0.1) is 0 Å². The predicted molar refractivity (Wildman–Crippen MR) is 102 cm³/mol. The third-order valence-electron chi connectivity index (χ3n) is 4.50. The van der Waals surface area contributed by atoms with Gasteiger partial charge in [0.2, 0.25) is 5.95 Å². The molecule has 0 unspecified atom stereocenters. The largest absolute Gasteiger partial charge is 0.395 e. The van der Waals surface area contributed by atoms with Crippen LogP contribution in [0.3, 0.4) is 0 Å². The van der Waals surface area contributed by atoms with Crippen molar-refractivity contribution in [3.05, 3.63) is 35.5 Å². The molecule has 0 aromatic carbocycles. The van der Waals surface area contributed by atoms with E-state index in [4.69, 9.17) is 5.11 Å². The second kappa shape index (κ2) is 8.37. The average Bonchev–Trinajstić information content (AvgIpc) is 2.56. The number of aryl methyl sites for hydroxylation is 2. The quantitative estimate of drug-likeness (QED) is 0.718. The minimum absolute atomic E-state index is 0.101. The van der Waals surface area contributed by atoms with Crippen LogP contribution in [0.25, 0.3) is 0 Å². The number of hydrogen-bond acceptors (Lipinski definition) is 8. The molecule has 0 radical (unpaired) electrons. The highest BCUT2D eigenvalue weighted by molar-refractivity contribution is 5.41. The molecule has 0 saturated carbocycles. The van der Waals surface area contributed by atoms with Crippen LogP contribution in [0.4, 0.5) is 11.8 Å². The number of nitrogens with zero attached hydrogens (tertiary/aromatic N) is 6. The zero-order valence-corrected chi connectivity index (χ0v) is 15.7. The van der Waals surface area contributed by atoms with Gasteiger partial charge in [-0.3, -0.25) is 0 Å². The number of hydrogen-bond donors (Lipinski definition) is 2. The molecule has 2 aromatic rings. The van der Waals surface area contributed by atoms with Crippen LogP contribution in [0.2, 0.25) is 0 Å². The van der Waals surface area contributed by atoms with Gasteiger partial charge in [0.25, 0.3) is 0 Å². The summed E-state index contributed by atoms with van der Waals surface area (Å²) in [4.78, 5) is 22.1. The fraction of sp³-hybridized carbons (Fsp3) is 0.556. The molecule has 3 heterocycles. The molecule has 140 valence electrons. The topological polar surface area (TPSA) is 90.3 Å². The summed E-state index contributed by atoms with van der Waals surface area (Å²) in [6.07, 6.45) is 1.73. The Balaban J connectivity index is 1.43. The molecule has 2 N–H and O–H groups in total. The number of nitrogens with one attached hydrogen (secondary N) is 1. The van der Waals surface area contributed by atoms with Crippen molar-refractivity contribution < 1.29 is 5.11 Å². The van der Waals surface area contributed by atoms with Crippen LogP contribution in [0.1, 0.15) is 23.1 Å². The van der Waals surface area contributed by atoms with Gasteiger partial charge in [-0.2, -0.15) is 4.98 Å². The second-order valence-corrected chi connectivity index (χ2v) is 6.78. The van der Waals surface area contributed by atoms with E-state index >= 15 is 0 Å². The maximum Gasteiger partial charge on any atom is 0.224 e. The molecule has 1 fully saturated rings. The molecule has 0 amide bonds. The Hall–Kier alpha value is -2.32. The van der Waals surface area contributed by atoms with Crippen LogP contribution in [-0.4, -0.2) is 76.3 Å². The van der Waals surface area contributed by atoms with Crippen molar-refractivity contribution in [3.63, 3.8) is 0 Å². The number of aromatic nitrogens is 4. The Bertz CT molecular complexity index is 713. The van der Waals surface area contributed by atoms with E-state index < -0.39 is 0 Å². The number of likely N-dealkylation sites (N-methyl/N-ethyl adjacent to an activating group) is 1. The summed E-state index contributed by atoms with van der Waals surface area (Å²) in [5.41, 5.74) is 2.08. The van der Waals surface area contributed by atoms with Gasteiger partial charge in [0, 0.05) is 63.3 Å². The Morgan fingerprint density at radius 3 is 2.65 bits per heavy atom. The highest BCUT2D eigenvalue weighted by Gasteiger charge is 2.29. The molecule has 8 heteroatoms. The van der Waals surface area contributed by atoms with Crippen LogP contribution in [-0.2, 0) is 0 Å². The minimum atomic E-state index is 0.101. The van der Waals surface area contributed by atoms with Gasteiger partial charge in [-0.25, -0.2) is 15.0 Å². The summed E-state index contributed by atoms with van der Waals surface area (Å²) < 4.78 is 0. The summed E-state index contributed by atoms with van der Waals surface area (Å²) in [5.74, 6) is 2.81. The van der Waals surface area contributed by atoms with Crippen LogP contribution in [0, 0.1) is 13.8 Å². The van der Waals surface area contributed by atoms with E-state index in [0.717, 1.165) is 49.2 Å². The summed E-state index contributed by atoms with van der Waals surface area (Å²) in [6.45, 7) is 8.38. The van der Waals surface area contributed by atoms with Crippen molar-refractivity contribution in [2.24, 2.45) is 0 Å². The molecule has 0 aliphatic carbocycles. The van der Waals surface area contributed by atoms with E-state index in [1.165, 1.54) is 0 Å². The fourth-order valence-electron chi connectivity index (χ4n) is 3.09. The van der Waals surface area contributed by atoms with Crippen molar-refractivity contribution in [2.75, 3.05) is 56.6 Å². The van der Waals surface area contributed by atoms with Crippen molar-refractivity contribution >= 4 is 11.8 Å². The lowest BCUT2D eigenvalue weighted by atomic mass is 9.99. The first-order valence-corrected chi connectivity index (χ1v) is 8.98. The van der Waals surface area contributed by atoms with Crippen molar-refractivity contribution in [3.8, 4) is 0 Å². The standard InChI is InChI=1S/C18H27N7O/c1-13-10-14(2)22-17(21-13)15-11-25(12-15)7-6-20-18-19-5-4-16(23-18)24(3)8-9-26/h4-5,10,15,26H,6-9,11-12H2,1-3H3,(H,19,20,23). The fourth-order valence-corrected chi connectivity index (χ4v) is 3.09. The second-order valence-electron chi connectivity index (χ2n) is 6.78. The van der Waals surface area contributed by atoms with Gasteiger partial charge in [-0.05, 0) is 26.0 Å². The van der Waals surface area contributed by atoms with E-state index in [2.05, 4.69) is 30.2 Å². The highest BCUT2D eigenvalue weighted by atomic mass is 16.3. The van der Waals surface area contributed by atoms with Gasteiger partial charge in [0.05, 0.1) is 6.61 Å². The lowest BCUT2D eigenvalue weighted by molar-refractivity contribution is 0.149. The molecule has 0 atom stereocenters. The van der Waals surface area contributed by atoms with Crippen LogP contribution in [0.5, 0.6) is 0 Å². The first-order valence-electron chi connectivity index (χ1n) is 8.98. The lowest BCUT2D eigenvalue weighted by Gasteiger charge is -2.38. The smallest absolute Gasteiger partial charge is 0.224 e. The van der Waals surface area contributed by atoms with Gasteiger partial charge in [-0.1, -0.05) is 0 Å². The third kappa shape index (κ3) is 4.64. The van der Waals surface area contributed by atoms with E-state index in [1.807, 2.05) is 37.9 Å². The van der Waals surface area contributed by atoms with E-state index in [-0.39, 0.29) is 6.61 Å². The molecular formula is C18H27N7O. The summed E-state index contributed by atoms with van der Waals surface area (Å²) in [5, 5.41) is 12.3. The number of aliphatic hydroxyl groups is 1. The molecule has 0 bridgehead atoms. The molecule has 0 spiro atoms. The normalized spacial score (nSPS) is 14.9.